The van der Waals surface area contributed by atoms with E-state index in [0.29, 0.717) is 25.9 Å². The summed E-state index contributed by atoms with van der Waals surface area (Å²) in [5, 5.41) is 9.05. The molecule has 0 bridgehead atoms. The van der Waals surface area contributed by atoms with Crippen LogP contribution in [0.4, 0.5) is 14.0 Å². The molecule has 0 spiro atoms. The average Bonchev–Trinajstić information content (AvgIpc) is 2.97. The zero-order chi connectivity index (χ0) is 17.3. The van der Waals surface area contributed by atoms with Crippen LogP contribution in [0.15, 0.2) is 24.3 Å². The minimum absolute atomic E-state index is 0.0449. The minimum Gasteiger partial charge on any atom is -0.465 e. The SMILES string of the molecule is NCC1CN(C2(F)C=CC=CC2C2CCN(C(=O)O)CC2)C(=O)O1. The first-order chi connectivity index (χ1) is 11.5. The third-order valence-corrected chi connectivity index (χ3v) is 5.10. The van der Waals surface area contributed by atoms with E-state index in [-0.39, 0.29) is 19.0 Å². The third kappa shape index (κ3) is 2.86. The Morgan fingerprint density at radius 2 is 2.12 bits per heavy atom. The van der Waals surface area contributed by atoms with Gasteiger partial charge in [0.1, 0.15) is 6.10 Å². The van der Waals surface area contributed by atoms with E-state index < -0.39 is 30.0 Å². The van der Waals surface area contributed by atoms with Crippen LogP contribution in [0.1, 0.15) is 12.8 Å². The zero-order valence-corrected chi connectivity index (χ0v) is 13.3. The van der Waals surface area contributed by atoms with Gasteiger partial charge in [0.05, 0.1) is 6.54 Å². The number of halogens is 1. The summed E-state index contributed by atoms with van der Waals surface area (Å²) in [6.07, 6.45) is 5.49. The number of carboxylic acid groups (broad SMARTS) is 1. The number of hydrogen-bond acceptors (Lipinski definition) is 4. The Bertz CT molecular complexity index is 574. The molecule has 7 nitrogen and oxygen atoms in total. The molecule has 24 heavy (non-hydrogen) atoms. The smallest absolute Gasteiger partial charge is 0.413 e. The van der Waals surface area contributed by atoms with E-state index in [1.165, 1.54) is 11.0 Å². The Hall–Kier alpha value is -2.09. The molecule has 3 atom stereocenters. The average molecular weight is 339 g/mol. The number of likely N-dealkylation sites (tertiary alicyclic amines) is 1. The summed E-state index contributed by atoms with van der Waals surface area (Å²) < 4.78 is 21.0. The number of ether oxygens (including phenoxy) is 1. The number of hydrogen-bond donors (Lipinski definition) is 2. The summed E-state index contributed by atoms with van der Waals surface area (Å²) in [5.74, 6) is -2.54. The van der Waals surface area contributed by atoms with Crippen LogP contribution in [0.5, 0.6) is 0 Å². The van der Waals surface area contributed by atoms with Crippen LogP contribution in [0.3, 0.4) is 0 Å². The Balaban J connectivity index is 1.77. The van der Waals surface area contributed by atoms with Gasteiger partial charge < -0.3 is 20.5 Å². The lowest BCUT2D eigenvalue weighted by Crippen LogP contribution is -2.54. The molecule has 1 aliphatic carbocycles. The van der Waals surface area contributed by atoms with Gasteiger partial charge in [-0.1, -0.05) is 18.2 Å². The molecule has 2 fully saturated rings. The second-order valence-corrected chi connectivity index (χ2v) is 6.46. The monoisotopic (exact) mass is 339 g/mol. The molecule has 3 rings (SSSR count). The molecule has 3 unspecified atom stereocenters. The highest BCUT2D eigenvalue weighted by atomic mass is 19.1. The Kier molecular flexibility index (Phi) is 4.49. The summed E-state index contributed by atoms with van der Waals surface area (Å²) in [4.78, 5) is 25.6. The number of allylic oxidation sites excluding steroid dienone is 2. The van der Waals surface area contributed by atoms with Gasteiger partial charge in [-0.25, -0.2) is 14.0 Å². The van der Waals surface area contributed by atoms with Crippen LogP contribution in [0.2, 0.25) is 0 Å². The number of alkyl halides is 1. The maximum absolute atomic E-state index is 15.9. The number of amides is 2. The molecule has 0 aromatic rings. The van der Waals surface area contributed by atoms with Gasteiger partial charge >= 0.3 is 12.2 Å². The van der Waals surface area contributed by atoms with Gasteiger partial charge in [-0.15, -0.1) is 0 Å². The van der Waals surface area contributed by atoms with Gasteiger partial charge in [0.2, 0.25) is 5.79 Å². The van der Waals surface area contributed by atoms with Crippen molar-refractivity contribution in [2.75, 3.05) is 26.2 Å². The molecule has 3 N–H and O–H groups in total. The number of carbonyl (C=O) groups excluding carboxylic acids is 1. The first kappa shape index (κ1) is 16.8. The van der Waals surface area contributed by atoms with Crippen molar-refractivity contribution in [3.63, 3.8) is 0 Å². The molecule has 8 heteroatoms. The number of cyclic esters (lactones) is 1. The largest absolute Gasteiger partial charge is 0.465 e. The van der Waals surface area contributed by atoms with Crippen molar-refractivity contribution in [1.29, 1.82) is 0 Å². The van der Waals surface area contributed by atoms with Crippen LogP contribution in [0.25, 0.3) is 0 Å². The molecule has 2 heterocycles. The topological polar surface area (TPSA) is 96.1 Å². The summed E-state index contributed by atoms with van der Waals surface area (Å²) in [6.45, 7) is 1.02. The third-order valence-electron chi connectivity index (χ3n) is 5.10. The fourth-order valence-corrected chi connectivity index (χ4v) is 3.75. The van der Waals surface area contributed by atoms with E-state index in [2.05, 4.69) is 0 Å². The number of rotatable bonds is 3. The number of piperidine rings is 1. The first-order valence-corrected chi connectivity index (χ1v) is 8.17. The number of nitrogens with two attached hydrogens (primary N) is 1. The van der Waals surface area contributed by atoms with Gasteiger partial charge in [-0.05, 0) is 24.8 Å². The fourth-order valence-electron chi connectivity index (χ4n) is 3.75. The lowest BCUT2D eigenvalue weighted by molar-refractivity contribution is -0.0208. The highest BCUT2D eigenvalue weighted by Crippen LogP contribution is 2.42. The molecule has 2 amide bonds. The summed E-state index contributed by atoms with van der Waals surface area (Å²) in [5.41, 5.74) is 5.53. The van der Waals surface area contributed by atoms with Crippen LogP contribution in [0, 0.1) is 11.8 Å². The van der Waals surface area contributed by atoms with E-state index in [1.54, 1.807) is 18.2 Å². The maximum atomic E-state index is 15.9. The van der Waals surface area contributed by atoms with Gasteiger partial charge in [0.15, 0.2) is 0 Å². The van der Waals surface area contributed by atoms with Crippen LogP contribution in [-0.2, 0) is 4.74 Å². The molecule has 0 radical (unpaired) electrons. The molecule has 3 aliphatic rings. The Morgan fingerprint density at radius 1 is 1.42 bits per heavy atom. The lowest BCUT2D eigenvalue weighted by Gasteiger charge is -2.43. The molecule has 0 saturated carbocycles. The van der Waals surface area contributed by atoms with Crippen LogP contribution < -0.4 is 5.73 Å². The number of nitrogens with zero attached hydrogens (tertiary/aromatic N) is 2. The highest BCUT2D eigenvalue weighted by Gasteiger charge is 2.52. The highest BCUT2D eigenvalue weighted by molar-refractivity contribution is 5.71. The van der Waals surface area contributed by atoms with Gasteiger partial charge in [0, 0.05) is 25.6 Å². The molecule has 132 valence electrons. The molecule has 0 aromatic heterocycles. The van der Waals surface area contributed by atoms with E-state index in [9.17, 15) is 9.59 Å². The van der Waals surface area contributed by atoms with Crippen molar-refractivity contribution in [3.05, 3.63) is 24.3 Å². The van der Waals surface area contributed by atoms with Crippen LogP contribution in [-0.4, -0.2) is 65.2 Å². The van der Waals surface area contributed by atoms with E-state index in [1.807, 2.05) is 0 Å². The molecule has 2 aliphatic heterocycles. The van der Waals surface area contributed by atoms with E-state index in [0.717, 1.165) is 4.90 Å². The Labute approximate surface area is 139 Å². The maximum Gasteiger partial charge on any atom is 0.413 e. The summed E-state index contributed by atoms with van der Waals surface area (Å²) in [7, 11) is 0. The second-order valence-electron chi connectivity index (χ2n) is 6.46. The van der Waals surface area contributed by atoms with Crippen molar-refractivity contribution in [2.45, 2.75) is 24.7 Å². The quantitative estimate of drug-likeness (QED) is 0.761. The first-order valence-electron chi connectivity index (χ1n) is 8.17. The normalized spacial score (nSPS) is 33.8. The Morgan fingerprint density at radius 3 is 2.71 bits per heavy atom. The predicted molar refractivity (Wildman–Crippen MR) is 84.0 cm³/mol. The minimum atomic E-state index is -1.97. The summed E-state index contributed by atoms with van der Waals surface area (Å²) >= 11 is 0. The van der Waals surface area contributed by atoms with Crippen molar-refractivity contribution in [2.24, 2.45) is 17.6 Å². The summed E-state index contributed by atoms with van der Waals surface area (Å²) in [6, 6.07) is 0. The van der Waals surface area contributed by atoms with E-state index >= 15 is 4.39 Å². The predicted octanol–water partition coefficient (Wildman–Crippen LogP) is 1.56. The van der Waals surface area contributed by atoms with Crippen LogP contribution >= 0.6 is 0 Å². The molecular formula is C16H22FN3O4. The van der Waals surface area contributed by atoms with Gasteiger partial charge in [0.25, 0.3) is 0 Å². The molecule has 0 aromatic carbocycles. The zero-order valence-electron chi connectivity index (χ0n) is 13.3. The standard InChI is InChI=1S/C16H22FN3O4/c17-16(20-10-12(9-18)24-15(20)23)6-2-1-3-13(16)11-4-7-19(8-5-11)14(21)22/h1-3,6,11-13H,4-5,7-10,18H2,(H,21,22). The van der Waals surface area contributed by atoms with Crippen molar-refractivity contribution < 1.29 is 23.8 Å². The second kappa shape index (κ2) is 6.43. The fraction of sp³-hybridized carbons (Fsp3) is 0.625. The molecular weight excluding hydrogens is 317 g/mol. The van der Waals surface area contributed by atoms with E-state index in [4.69, 9.17) is 15.6 Å². The van der Waals surface area contributed by atoms with Gasteiger partial charge in [-0.3, -0.25) is 4.90 Å². The van der Waals surface area contributed by atoms with Crippen molar-refractivity contribution in [1.82, 2.24) is 9.80 Å². The van der Waals surface area contributed by atoms with Crippen molar-refractivity contribution in [3.8, 4) is 0 Å². The lowest BCUT2D eigenvalue weighted by atomic mass is 9.76. The number of carbonyl (C=O) groups is 2. The molecule has 2 saturated heterocycles. The van der Waals surface area contributed by atoms with Crippen molar-refractivity contribution >= 4 is 12.2 Å². The van der Waals surface area contributed by atoms with Gasteiger partial charge in [-0.2, -0.15) is 0 Å².